The van der Waals surface area contributed by atoms with Crippen LogP contribution in [0.5, 0.6) is 0 Å². The molecule has 0 aliphatic heterocycles. The van der Waals surface area contributed by atoms with Crippen LogP contribution in [0.4, 0.5) is 0 Å². The molecule has 6 nitrogen and oxygen atoms in total. The fourth-order valence-electron chi connectivity index (χ4n) is 2.13. The number of halogens is 1. The predicted molar refractivity (Wildman–Crippen MR) is 63.6 cm³/mol. The van der Waals surface area contributed by atoms with Crippen molar-refractivity contribution >= 4 is 23.0 Å². The fraction of sp³-hybridized carbons (Fsp3) is 0.889. The van der Waals surface area contributed by atoms with Crippen molar-refractivity contribution in [3.63, 3.8) is 0 Å². The van der Waals surface area contributed by atoms with Crippen molar-refractivity contribution in [2.45, 2.75) is 37.6 Å². The molecule has 0 bridgehead atoms. The lowest BCUT2D eigenvalue weighted by Crippen LogP contribution is -2.53. The Hall–Kier alpha value is -0.690. The molecule has 0 unspecified atom stereocenters. The van der Waals surface area contributed by atoms with Gasteiger partial charge in [-0.2, -0.15) is 0 Å². The summed E-state index contributed by atoms with van der Waals surface area (Å²) in [5.41, 5.74) is -0.597. The van der Waals surface area contributed by atoms with Gasteiger partial charge in [0.1, 0.15) is 0 Å². The minimum atomic E-state index is -0.969. The van der Waals surface area contributed by atoms with Crippen LogP contribution in [0.25, 0.3) is 0 Å². The Morgan fingerprint density at radius 3 is 2.38 bits per heavy atom. The van der Waals surface area contributed by atoms with Crippen LogP contribution >= 0.6 is 17.0 Å². The van der Waals surface area contributed by atoms with Crippen LogP contribution < -0.4 is 5.32 Å². The van der Waals surface area contributed by atoms with Crippen LogP contribution in [0.3, 0.4) is 0 Å². The molecule has 0 aromatic rings. The lowest BCUT2D eigenvalue weighted by atomic mass is 9.81. The van der Waals surface area contributed by atoms with Gasteiger partial charge >= 0.3 is 5.97 Å². The number of hydrogen-bond acceptors (Lipinski definition) is 4. The molecule has 1 aliphatic carbocycles. The Morgan fingerprint density at radius 1 is 1.38 bits per heavy atom. The van der Waals surface area contributed by atoms with Gasteiger partial charge in [0.25, 0.3) is 0 Å². The number of hydrogen-bond donors (Lipinski definition) is 2. The van der Waals surface area contributed by atoms with E-state index in [0.29, 0.717) is 12.8 Å². The summed E-state index contributed by atoms with van der Waals surface area (Å²) in [4.78, 5) is 20.6. The number of aliphatic carboxylic acids is 1. The first-order valence-corrected chi connectivity index (χ1v) is 5.13. The molecule has 0 aromatic carbocycles. The summed E-state index contributed by atoms with van der Waals surface area (Å²) in [6.45, 7) is -0.381. The summed E-state index contributed by atoms with van der Waals surface area (Å²) < 4.78 is 0. The Morgan fingerprint density at radius 2 is 1.94 bits per heavy atom. The van der Waals surface area contributed by atoms with E-state index in [1.165, 1.54) is 0 Å². The minimum Gasteiger partial charge on any atom is -0.480 e. The summed E-state index contributed by atoms with van der Waals surface area (Å²) in [6, 6.07) is 0. The minimum absolute atomic E-state index is 0. The molecule has 16 heavy (non-hydrogen) atoms. The molecule has 0 aromatic heterocycles. The first-order chi connectivity index (χ1) is 7.04. The van der Waals surface area contributed by atoms with E-state index in [2.05, 4.69) is 5.32 Å². The molecular weight excluding hydrogens is 280 g/mol. The molecule has 0 amide bonds. The molecule has 0 atom stereocenters. The van der Waals surface area contributed by atoms with Crippen LogP contribution in [0.2, 0.25) is 0 Å². The second-order valence-corrected chi connectivity index (χ2v) is 4.08. The second-order valence-electron chi connectivity index (χ2n) is 4.08. The van der Waals surface area contributed by atoms with Crippen LogP contribution in [-0.2, 0) is 4.79 Å². The summed E-state index contributed by atoms with van der Waals surface area (Å²) in [5.74, 6) is -0.969. The van der Waals surface area contributed by atoms with Crippen molar-refractivity contribution in [3.05, 3.63) is 10.1 Å². The monoisotopic (exact) mass is 296 g/mol. The van der Waals surface area contributed by atoms with Crippen molar-refractivity contribution in [2.24, 2.45) is 0 Å². The van der Waals surface area contributed by atoms with Gasteiger partial charge in [-0.25, -0.2) is 0 Å². The van der Waals surface area contributed by atoms with Gasteiger partial charge in [0.2, 0.25) is 6.54 Å². The lowest BCUT2D eigenvalue weighted by Gasteiger charge is -2.34. The normalized spacial score (nSPS) is 18.5. The Bertz CT molecular complexity index is 254. The zero-order valence-corrected chi connectivity index (χ0v) is 10.7. The van der Waals surface area contributed by atoms with Crippen LogP contribution in [0, 0.1) is 10.1 Å². The van der Waals surface area contributed by atoms with Gasteiger partial charge in [0.15, 0.2) is 0 Å². The third kappa shape index (κ3) is 4.89. The van der Waals surface area contributed by atoms with Crippen LogP contribution in [0.15, 0.2) is 0 Å². The molecule has 94 valence electrons. The van der Waals surface area contributed by atoms with Crippen molar-refractivity contribution < 1.29 is 14.8 Å². The predicted octanol–water partition coefficient (Wildman–Crippen LogP) is 1.22. The quantitative estimate of drug-likeness (QED) is 0.588. The van der Waals surface area contributed by atoms with Crippen molar-refractivity contribution in [2.75, 3.05) is 13.1 Å². The van der Waals surface area contributed by atoms with Gasteiger partial charge in [0, 0.05) is 4.92 Å². The maximum absolute atomic E-state index is 10.5. The standard InChI is InChI=1S/C9H16N2O4.BrH/c12-8(13)6-10-9(7-11(14)15)4-2-1-3-5-9;/h10H,1-7H2,(H,12,13);1H. The van der Waals surface area contributed by atoms with Gasteiger partial charge in [0.05, 0.1) is 12.1 Å². The third-order valence-corrected chi connectivity index (χ3v) is 2.86. The van der Waals surface area contributed by atoms with Gasteiger partial charge < -0.3 is 5.11 Å². The van der Waals surface area contributed by atoms with E-state index in [-0.39, 0.29) is 35.0 Å². The largest absolute Gasteiger partial charge is 0.480 e. The summed E-state index contributed by atoms with van der Waals surface area (Å²) in [6.07, 6.45) is 4.33. The first-order valence-electron chi connectivity index (χ1n) is 5.13. The molecular formula is C9H17BrN2O4. The van der Waals surface area contributed by atoms with Crippen molar-refractivity contribution in [3.8, 4) is 0 Å². The molecule has 1 rings (SSSR count). The van der Waals surface area contributed by atoms with Crippen molar-refractivity contribution in [1.29, 1.82) is 0 Å². The van der Waals surface area contributed by atoms with E-state index in [9.17, 15) is 14.9 Å². The number of rotatable bonds is 5. The number of carbonyl (C=O) groups is 1. The molecule has 0 saturated heterocycles. The third-order valence-electron chi connectivity index (χ3n) is 2.86. The Labute approximate surface area is 104 Å². The zero-order valence-electron chi connectivity index (χ0n) is 8.98. The van der Waals surface area contributed by atoms with Crippen molar-refractivity contribution in [1.82, 2.24) is 5.32 Å². The van der Waals surface area contributed by atoms with Gasteiger partial charge in [-0.15, -0.1) is 17.0 Å². The molecule has 1 saturated carbocycles. The Kier molecular flexibility index (Phi) is 6.51. The highest BCUT2D eigenvalue weighted by Crippen LogP contribution is 2.28. The molecule has 7 heteroatoms. The summed E-state index contributed by atoms with van der Waals surface area (Å²) in [7, 11) is 0. The number of nitrogens with zero attached hydrogens (tertiary/aromatic N) is 1. The van der Waals surface area contributed by atoms with E-state index >= 15 is 0 Å². The Balaban J connectivity index is 0.00000225. The van der Waals surface area contributed by atoms with E-state index in [1.54, 1.807) is 0 Å². The van der Waals surface area contributed by atoms with E-state index in [4.69, 9.17) is 5.11 Å². The smallest absolute Gasteiger partial charge is 0.317 e. The van der Waals surface area contributed by atoms with E-state index in [0.717, 1.165) is 19.3 Å². The SMILES string of the molecule is Br.O=C(O)CNC1(C[N+](=O)[O-])CCCCC1. The summed E-state index contributed by atoms with van der Waals surface area (Å²) in [5, 5.41) is 21.9. The molecule has 0 radical (unpaired) electrons. The van der Waals surface area contributed by atoms with Gasteiger partial charge in [-0.1, -0.05) is 19.3 Å². The average molecular weight is 297 g/mol. The molecule has 2 N–H and O–H groups in total. The average Bonchev–Trinajstić information content (AvgIpc) is 2.15. The summed E-state index contributed by atoms with van der Waals surface area (Å²) >= 11 is 0. The zero-order chi connectivity index (χ0) is 11.3. The number of nitro groups is 1. The first kappa shape index (κ1) is 15.3. The number of carboxylic acid groups (broad SMARTS) is 1. The molecule has 0 heterocycles. The fourth-order valence-corrected chi connectivity index (χ4v) is 2.13. The highest BCUT2D eigenvalue weighted by molar-refractivity contribution is 8.93. The topological polar surface area (TPSA) is 92.5 Å². The van der Waals surface area contributed by atoms with Gasteiger partial charge in [-0.05, 0) is 12.8 Å². The molecule has 0 spiro atoms. The van der Waals surface area contributed by atoms with Crippen LogP contribution in [-0.4, -0.2) is 34.6 Å². The molecule has 1 aliphatic rings. The maximum Gasteiger partial charge on any atom is 0.317 e. The van der Waals surface area contributed by atoms with E-state index < -0.39 is 11.5 Å². The van der Waals surface area contributed by atoms with Gasteiger partial charge in [-0.3, -0.25) is 20.2 Å². The molecule has 1 fully saturated rings. The number of nitrogens with one attached hydrogen (secondary N) is 1. The van der Waals surface area contributed by atoms with Crippen LogP contribution in [0.1, 0.15) is 32.1 Å². The highest BCUT2D eigenvalue weighted by atomic mass is 79.9. The highest BCUT2D eigenvalue weighted by Gasteiger charge is 2.36. The maximum atomic E-state index is 10.5. The lowest BCUT2D eigenvalue weighted by molar-refractivity contribution is -0.492. The van der Waals surface area contributed by atoms with E-state index in [1.807, 2.05) is 0 Å². The second kappa shape index (κ2) is 6.80. The number of carboxylic acids is 1.